The molecule has 0 aliphatic heterocycles. The summed E-state index contributed by atoms with van der Waals surface area (Å²) in [6.45, 7) is 2.70. The van der Waals surface area contributed by atoms with Gasteiger partial charge in [-0.3, -0.25) is 0 Å². The number of nitrogens with two attached hydrogens (primary N) is 1. The summed E-state index contributed by atoms with van der Waals surface area (Å²) in [4.78, 5) is 12.2. The van der Waals surface area contributed by atoms with Gasteiger partial charge in [0, 0.05) is 18.2 Å². The monoisotopic (exact) mass is 384 g/mol. The first kappa shape index (κ1) is 18.8. The molecule has 0 spiro atoms. The third-order valence-corrected chi connectivity index (χ3v) is 5.25. The molecule has 0 aromatic heterocycles. The fourth-order valence-corrected chi connectivity index (χ4v) is 3.82. The SMILES string of the molecule is Cc1ccc(C=CCNC(=O)OCC2c3ccccc3-c3ccccc32)c(N)c1. The lowest BCUT2D eigenvalue weighted by Gasteiger charge is -2.14. The van der Waals surface area contributed by atoms with Gasteiger partial charge in [-0.15, -0.1) is 0 Å². The Morgan fingerprint density at radius 3 is 2.34 bits per heavy atom. The summed E-state index contributed by atoms with van der Waals surface area (Å²) in [6, 6.07) is 22.5. The van der Waals surface area contributed by atoms with Crippen LogP contribution >= 0.6 is 0 Å². The highest BCUT2D eigenvalue weighted by Crippen LogP contribution is 2.44. The van der Waals surface area contributed by atoms with Crippen molar-refractivity contribution in [3.05, 3.63) is 95.1 Å². The molecule has 146 valence electrons. The minimum atomic E-state index is -0.423. The Kier molecular flexibility index (Phi) is 5.34. The molecule has 0 radical (unpaired) electrons. The van der Waals surface area contributed by atoms with Crippen molar-refractivity contribution in [2.75, 3.05) is 18.9 Å². The molecule has 3 N–H and O–H groups in total. The lowest BCUT2D eigenvalue weighted by atomic mass is 9.98. The van der Waals surface area contributed by atoms with Crippen LogP contribution in [0.15, 0.2) is 72.8 Å². The van der Waals surface area contributed by atoms with Crippen molar-refractivity contribution in [2.45, 2.75) is 12.8 Å². The minimum absolute atomic E-state index is 0.0658. The van der Waals surface area contributed by atoms with E-state index in [1.54, 1.807) is 0 Å². The summed E-state index contributed by atoms with van der Waals surface area (Å²) in [7, 11) is 0. The zero-order chi connectivity index (χ0) is 20.2. The molecule has 0 fully saturated rings. The number of carbonyl (C=O) groups excluding carboxylic acids is 1. The fraction of sp³-hybridized carbons (Fsp3) is 0.160. The Bertz CT molecular complexity index is 1030. The molecule has 0 unspecified atom stereocenters. The van der Waals surface area contributed by atoms with Gasteiger partial charge in [0.15, 0.2) is 0 Å². The smallest absolute Gasteiger partial charge is 0.407 e. The van der Waals surface area contributed by atoms with E-state index in [1.165, 1.54) is 22.3 Å². The van der Waals surface area contributed by atoms with Gasteiger partial charge in [-0.25, -0.2) is 4.79 Å². The highest BCUT2D eigenvalue weighted by atomic mass is 16.5. The summed E-state index contributed by atoms with van der Waals surface area (Å²) in [6.07, 6.45) is 3.34. The van der Waals surface area contributed by atoms with E-state index in [0.717, 1.165) is 16.8 Å². The molecule has 3 aromatic rings. The number of hydrogen-bond acceptors (Lipinski definition) is 3. The zero-order valence-corrected chi connectivity index (χ0v) is 16.4. The first-order valence-corrected chi connectivity index (χ1v) is 9.75. The Morgan fingerprint density at radius 1 is 1.03 bits per heavy atom. The van der Waals surface area contributed by atoms with E-state index >= 15 is 0 Å². The highest BCUT2D eigenvalue weighted by molar-refractivity contribution is 5.79. The average Bonchev–Trinajstić information content (AvgIpc) is 3.05. The van der Waals surface area contributed by atoms with Crippen LogP contribution in [0, 0.1) is 6.92 Å². The van der Waals surface area contributed by atoms with Gasteiger partial charge in [-0.05, 0) is 46.4 Å². The lowest BCUT2D eigenvalue weighted by molar-refractivity contribution is 0.144. The molecule has 4 heteroatoms. The number of fused-ring (bicyclic) bond motifs is 3. The van der Waals surface area contributed by atoms with Crippen molar-refractivity contribution < 1.29 is 9.53 Å². The summed E-state index contributed by atoms with van der Waals surface area (Å²) in [5.74, 6) is 0.0658. The summed E-state index contributed by atoms with van der Waals surface area (Å²) < 4.78 is 5.52. The third kappa shape index (κ3) is 4.02. The van der Waals surface area contributed by atoms with E-state index in [9.17, 15) is 4.79 Å². The number of benzene rings is 3. The molecule has 1 amide bonds. The number of nitrogen functional groups attached to an aromatic ring is 1. The van der Waals surface area contributed by atoms with Crippen molar-refractivity contribution in [1.29, 1.82) is 0 Å². The fourth-order valence-electron chi connectivity index (χ4n) is 3.82. The number of alkyl carbamates (subject to hydrolysis) is 1. The number of anilines is 1. The van der Waals surface area contributed by atoms with Crippen molar-refractivity contribution >= 4 is 17.9 Å². The van der Waals surface area contributed by atoms with Crippen molar-refractivity contribution in [2.24, 2.45) is 0 Å². The summed E-state index contributed by atoms with van der Waals surface area (Å²) in [5.41, 5.74) is 13.6. The zero-order valence-electron chi connectivity index (χ0n) is 16.4. The molecule has 0 heterocycles. The Hall–Kier alpha value is -3.53. The lowest BCUT2D eigenvalue weighted by Crippen LogP contribution is -2.26. The Balaban J connectivity index is 1.34. The van der Waals surface area contributed by atoms with E-state index in [-0.39, 0.29) is 5.92 Å². The topological polar surface area (TPSA) is 64.3 Å². The van der Waals surface area contributed by atoms with E-state index in [4.69, 9.17) is 10.5 Å². The van der Waals surface area contributed by atoms with E-state index < -0.39 is 6.09 Å². The van der Waals surface area contributed by atoms with Crippen molar-refractivity contribution in [1.82, 2.24) is 5.32 Å². The second-order valence-electron chi connectivity index (χ2n) is 7.24. The van der Waals surface area contributed by atoms with E-state index in [0.29, 0.717) is 13.2 Å². The Morgan fingerprint density at radius 2 is 1.69 bits per heavy atom. The van der Waals surface area contributed by atoms with Gasteiger partial charge >= 0.3 is 6.09 Å². The number of ether oxygens (including phenoxy) is 1. The van der Waals surface area contributed by atoms with Crippen LogP contribution in [0.1, 0.15) is 28.2 Å². The second-order valence-corrected chi connectivity index (χ2v) is 7.24. The minimum Gasteiger partial charge on any atom is -0.449 e. The maximum Gasteiger partial charge on any atom is 0.407 e. The van der Waals surface area contributed by atoms with Crippen LogP contribution in [0.2, 0.25) is 0 Å². The number of nitrogens with one attached hydrogen (secondary N) is 1. The highest BCUT2D eigenvalue weighted by Gasteiger charge is 2.28. The predicted molar refractivity (Wildman–Crippen MR) is 118 cm³/mol. The first-order valence-electron chi connectivity index (χ1n) is 9.75. The van der Waals surface area contributed by atoms with Gasteiger partial charge in [0.1, 0.15) is 6.61 Å². The molecule has 1 aliphatic carbocycles. The molecule has 1 aliphatic rings. The van der Waals surface area contributed by atoms with Gasteiger partial charge in [0.25, 0.3) is 0 Å². The van der Waals surface area contributed by atoms with Crippen LogP contribution in [0.4, 0.5) is 10.5 Å². The predicted octanol–water partition coefficient (Wildman–Crippen LogP) is 5.13. The summed E-state index contributed by atoms with van der Waals surface area (Å²) >= 11 is 0. The number of rotatable bonds is 5. The van der Waals surface area contributed by atoms with Gasteiger partial charge in [-0.2, -0.15) is 0 Å². The number of amides is 1. The second kappa shape index (κ2) is 8.23. The molecule has 0 atom stereocenters. The van der Waals surface area contributed by atoms with Crippen LogP contribution in [0.5, 0.6) is 0 Å². The van der Waals surface area contributed by atoms with Gasteiger partial charge in [-0.1, -0.05) is 72.8 Å². The average molecular weight is 384 g/mol. The quantitative estimate of drug-likeness (QED) is 0.600. The molecular formula is C25H24N2O2. The summed E-state index contributed by atoms with van der Waals surface area (Å²) in [5, 5.41) is 2.77. The first-order chi connectivity index (χ1) is 14.1. The molecule has 3 aromatic carbocycles. The largest absolute Gasteiger partial charge is 0.449 e. The normalized spacial score (nSPS) is 12.6. The standard InChI is InChI=1S/C25H24N2O2/c1-17-12-13-18(24(26)15-17)7-6-14-27-25(28)29-16-23-21-10-4-2-8-19(21)20-9-3-5-11-22(20)23/h2-13,15,23H,14,16,26H2,1H3,(H,27,28). The van der Waals surface area contributed by atoms with Gasteiger partial charge in [0.05, 0.1) is 0 Å². The molecule has 29 heavy (non-hydrogen) atoms. The van der Waals surface area contributed by atoms with Crippen LogP contribution in [0.3, 0.4) is 0 Å². The van der Waals surface area contributed by atoms with Crippen LogP contribution < -0.4 is 11.1 Å². The van der Waals surface area contributed by atoms with Crippen molar-refractivity contribution in [3.8, 4) is 11.1 Å². The number of hydrogen-bond donors (Lipinski definition) is 2. The van der Waals surface area contributed by atoms with Crippen molar-refractivity contribution in [3.63, 3.8) is 0 Å². The van der Waals surface area contributed by atoms with Crippen LogP contribution in [-0.4, -0.2) is 19.2 Å². The van der Waals surface area contributed by atoms with E-state index in [1.807, 2.05) is 61.5 Å². The van der Waals surface area contributed by atoms with E-state index in [2.05, 4.69) is 29.6 Å². The van der Waals surface area contributed by atoms with Gasteiger partial charge in [0.2, 0.25) is 0 Å². The van der Waals surface area contributed by atoms with Gasteiger partial charge < -0.3 is 15.8 Å². The number of aryl methyl sites for hydroxylation is 1. The molecule has 4 nitrogen and oxygen atoms in total. The maximum absolute atomic E-state index is 12.2. The molecule has 4 rings (SSSR count). The van der Waals surface area contributed by atoms with Crippen LogP contribution in [0.25, 0.3) is 17.2 Å². The Labute approximate surface area is 171 Å². The third-order valence-electron chi connectivity index (χ3n) is 5.25. The molecule has 0 saturated carbocycles. The van der Waals surface area contributed by atoms with Crippen LogP contribution in [-0.2, 0) is 4.74 Å². The maximum atomic E-state index is 12.2. The molecule has 0 bridgehead atoms. The molecule has 0 saturated heterocycles. The number of carbonyl (C=O) groups is 1. The molecular weight excluding hydrogens is 360 g/mol.